The molecule has 0 spiro atoms. The van der Waals surface area contributed by atoms with Crippen LogP contribution in [0.5, 0.6) is 0 Å². The first-order valence-electron chi connectivity index (χ1n) is 7.93. The molecule has 1 saturated carbocycles. The highest BCUT2D eigenvalue weighted by atomic mass is 32.1. The van der Waals surface area contributed by atoms with Crippen LogP contribution in [0.2, 0.25) is 0 Å². The first kappa shape index (κ1) is 15.4. The molecule has 2 aromatic heterocycles. The molecule has 24 heavy (non-hydrogen) atoms. The van der Waals surface area contributed by atoms with Crippen molar-refractivity contribution in [1.29, 1.82) is 0 Å². The van der Waals surface area contributed by atoms with Gasteiger partial charge < -0.3 is 14.6 Å². The van der Waals surface area contributed by atoms with Gasteiger partial charge in [-0.15, -0.1) is 10.2 Å². The van der Waals surface area contributed by atoms with Crippen molar-refractivity contribution in [2.45, 2.75) is 25.3 Å². The Balaban J connectivity index is 1.31. The Kier molecular flexibility index (Phi) is 4.11. The van der Waals surface area contributed by atoms with Crippen LogP contribution in [-0.2, 0) is 9.53 Å². The summed E-state index contributed by atoms with van der Waals surface area (Å²) in [6, 6.07) is 0.284. The summed E-state index contributed by atoms with van der Waals surface area (Å²) in [6.07, 6.45) is 7.17. The summed E-state index contributed by atoms with van der Waals surface area (Å²) in [7, 11) is 0. The lowest BCUT2D eigenvalue weighted by atomic mass is 9.79. The van der Waals surface area contributed by atoms with Gasteiger partial charge in [-0.25, -0.2) is 4.98 Å². The number of nitrogens with zero attached hydrogens (tertiary/aromatic N) is 4. The van der Waals surface area contributed by atoms with Crippen LogP contribution in [0.25, 0.3) is 0 Å². The quantitative estimate of drug-likeness (QED) is 0.824. The van der Waals surface area contributed by atoms with E-state index in [4.69, 9.17) is 4.74 Å². The molecule has 1 amide bonds. The zero-order valence-corrected chi connectivity index (χ0v) is 13.7. The number of ketones is 1. The predicted molar refractivity (Wildman–Crippen MR) is 85.8 cm³/mol. The van der Waals surface area contributed by atoms with Crippen molar-refractivity contribution in [3.05, 3.63) is 23.7 Å². The summed E-state index contributed by atoms with van der Waals surface area (Å²) in [5.41, 5.74) is 0. The lowest BCUT2D eigenvalue weighted by Gasteiger charge is -2.34. The Morgan fingerprint density at radius 1 is 1.25 bits per heavy atom. The highest BCUT2D eigenvalue weighted by Gasteiger charge is 2.36. The molecule has 1 unspecified atom stereocenters. The van der Waals surface area contributed by atoms with E-state index < -0.39 is 0 Å². The molecule has 2 fully saturated rings. The van der Waals surface area contributed by atoms with Gasteiger partial charge in [-0.2, -0.15) is 0 Å². The van der Waals surface area contributed by atoms with Crippen LogP contribution in [-0.4, -0.2) is 44.7 Å². The van der Waals surface area contributed by atoms with Crippen LogP contribution in [0.4, 0.5) is 5.13 Å². The van der Waals surface area contributed by atoms with E-state index in [1.165, 1.54) is 11.3 Å². The summed E-state index contributed by atoms with van der Waals surface area (Å²) in [5, 5.41) is 10.9. The van der Waals surface area contributed by atoms with E-state index in [0.717, 1.165) is 19.3 Å². The number of nitrogens with one attached hydrogen (secondary N) is 1. The maximum atomic E-state index is 12.3. The summed E-state index contributed by atoms with van der Waals surface area (Å²) in [6.45, 7) is 1.11. The zero-order valence-electron chi connectivity index (χ0n) is 12.9. The molecule has 1 N–H and O–H groups in total. The van der Waals surface area contributed by atoms with Crippen molar-refractivity contribution in [3.63, 3.8) is 0 Å². The Morgan fingerprint density at radius 2 is 2.04 bits per heavy atom. The van der Waals surface area contributed by atoms with Crippen LogP contribution in [0.15, 0.2) is 18.9 Å². The summed E-state index contributed by atoms with van der Waals surface area (Å²) in [4.78, 5) is 29.3. The first-order chi connectivity index (χ1) is 11.7. The smallest absolute Gasteiger partial charge is 0.229 e. The van der Waals surface area contributed by atoms with Gasteiger partial charge in [-0.05, 0) is 19.3 Å². The lowest BCUT2D eigenvalue weighted by molar-refractivity contribution is -0.123. The number of rotatable bonds is 5. The minimum Gasteiger partial charge on any atom is -0.381 e. The number of Topliss-reactive ketones (excluding diaryl/α,β-unsaturated/α-hetero) is 1. The van der Waals surface area contributed by atoms with Crippen LogP contribution < -0.4 is 5.32 Å². The molecule has 0 aromatic carbocycles. The zero-order chi connectivity index (χ0) is 16.5. The molecule has 4 rings (SSSR count). The minimum atomic E-state index is -0.0785. The highest BCUT2D eigenvalue weighted by molar-refractivity contribution is 7.17. The molecule has 126 valence electrons. The van der Waals surface area contributed by atoms with E-state index in [2.05, 4.69) is 20.5 Å². The second kappa shape index (κ2) is 6.40. The predicted octanol–water partition coefficient (Wildman–Crippen LogP) is 1.54. The Labute approximate surface area is 142 Å². The summed E-state index contributed by atoms with van der Waals surface area (Å²) < 4.78 is 7.17. The van der Waals surface area contributed by atoms with Crippen molar-refractivity contribution in [3.8, 4) is 0 Å². The number of carbonyl (C=O) groups is 2. The maximum absolute atomic E-state index is 12.3. The average molecular weight is 347 g/mol. The maximum Gasteiger partial charge on any atom is 0.229 e. The third-order valence-corrected chi connectivity index (χ3v) is 5.55. The third kappa shape index (κ3) is 2.96. The largest absolute Gasteiger partial charge is 0.381 e. The SMILES string of the molecule is O=C(Nc1ncc(C(=O)C2CCOC2)s1)C1CC(n2cnnc2)C1. The number of amides is 1. The number of hydrogen-bond donors (Lipinski definition) is 1. The fourth-order valence-corrected chi connectivity index (χ4v) is 3.88. The molecule has 2 aromatic rings. The van der Waals surface area contributed by atoms with Gasteiger partial charge in [0.25, 0.3) is 0 Å². The van der Waals surface area contributed by atoms with E-state index in [-0.39, 0.29) is 29.6 Å². The fourth-order valence-electron chi connectivity index (χ4n) is 3.04. The molecule has 3 heterocycles. The molecule has 1 aliphatic heterocycles. The topological polar surface area (TPSA) is 99.0 Å². The van der Waals surface area contributed by atoms with Crippen molar-refractivity contribution in [1.82, 2.24) is 19.7 Å². The normalized spacial score (nSPS) is 26.1. The molecule has 1 saturated heterocycles. The molecule has 0 radical (unpaired) electrons. The number of carbonyl (C=O) groups excluding carboxylic acids is 2. The number of anilines is 1. The molecule has 8 nitrogen and oxygen atoms in total. The Bertz CT molecular complexity index is 732. The van der Waals surface area contributed by atoms with E-state index in [9.17, 15) is 9.59 Å². The van der Waals surface area contributed by atoms with Gasteiger partial charge in [-0.3, -0.25) is 9.59 Å². The highest BCUT2D eigenvalue weighted by Crippen LogP contribution is 2.38. The van der Waals surface area contributed by atoms with Crippen molar-refractivity contribution in [2.75, 3.05) is 18.5 Å². The summed E-state index contributed by atoms with van der Waals surface area (Å²) in [5.74, 6) is -0.104. The Hall–Kier alpha value is -2.13. The van der Waals surface area contributed by atoms with Gasteiger partial charge in [0, 0.05) is 24.5 Å². The lowest BCUT2D eigenvalue weighted by Crippen LogP contribution is -2.35. The van der Waals surface area contributed by atoms with Crippen LogP contribution >= 0.6 is 11.3 Å². The number of hydrogen-bond acceptors (Lipinski definition) is 7. The van der Waals surface area contributed by atoms with Gasteiger partial charge >= 0.3 is 0 Å². The molecule has 1 atom stereocenters. The number of ether oxygens (including phenoxy) is 1. The third-order valence-electron chi connectivity index (χ3n) is 4.62. The van der Waals surface area contributed by atoms with Crippen molar-refractivity contribution >= 4 is 28.2 Å². The molecule has 2 aliphatic rings. The molecule has 9 heteroatoms. The van der Waals surface area contributed by atoms with Crippen molar-refractivity contribution in [2.24, 2.45) is 11.8 Å². The number of aromatic nitrogens is 4. The molecule has 0 bridgehead atoms. The molecule has 1 aliphatic carbocycles. The van der Waals surface area contributed by atoms with Crippen LogP contribution in [0.3, 0.4) is 0 Å². The van der Waals surface area contributed by atoms with Gasteiger partial charge in [0.15, 0.2) is 10.9 Å². The van der Waals surface area contributed by atoms with E-state index in [1.54, 1.807) is 18.9 Å². The molecular formula is C15H17N5O3S. The van der Waals surface area contributed by atoms with Crippen LogP contribution in [0, 0.1) is 11.8 Å². The van der Waals surface area contributed by atoms with Gasteiger partial charge in [0.1, 0.15) is 12.7 Å². The summed E-state index contributed by atoms with van der Waals surface area (Å²) >= 11 is 1.23. The standard InChI is InChI=1S/C15H17N5O3S/c21-13(9-1-2-23-6-9)12-5-16-15(24-12)19-14(22)10-3-11(4-10)20-7-17-18-8-20/h5,7-11H,1-4,6H2,(H,16,19,22). The second-order valence-corrected chi connectivity index (χ2v) is 7.21. The van der Waals surface area contributed by atoms with Gasteiger partial charge in [-0.1, -0.05) is 11.3 Å². The second-order valence-electron chi connectivity index (χ2n) is 6.17. The van der Waals surface area contributed by atoms with E-state index in [0.29, 0.717) is 23.2 Å². The number of thiazole rings is 1. The van der Waals surface area contributed by atoms with Gasteiger partial charge in [0.2, 0.25) is 5.91 Å². The van der Waals surface area contributed by atoms with Crippen molar-refractivity contribution < 1.29 is 14.3 Å². The first-order valence-corrected chi connectivity index (χ1v) is 8.75. The minimum absolute atomic E-state index is 0.0383. The average Bonchev–Trinajstić information content (AvgIpc) is 3.28. The van der Waals surface area contributed by atoms with E-state index in [1.807, 2.05) is 4.57 Å². The fraction of sp³-hybridized carbons (Fsp3) is 0.533. The Morgan fingerprint density at radius 3 is 2.75 bits per heavy atom. The monoisotopic (exact) mass is 347 g/mol. The van der Waals surface area contributed by atoms with E-state index >= 15 is 0 Å². The van der Waals surface area contributed by atoms with Crippen LogP contribution in [0.1, 0.15) is 35.0 Å². The van der Waals surface area contributed by atoms with Gasteiger partial charge in [0.05, 0.1) is 17.7 Å². The molecular weight excluding hydrogens is 330 g/mol.